The van der Waals surface area contributed by atoms with Gasteiger partial charge in [-0.1, -0.05) is 12.1 Å². The number of benzene rings is 2. The van der Waals surface area contributed by atoms with Crippen LogP contribution in [0.25, 0.3) is 10.9 Å². The van der Waals surface area contributed by atoms with Gasteiger partial charge in [0.05, 0.1) is 40.0 Å². The predicted octanol–water partition coefficient (Wildman–Crippen LogP) is 5.19. The fourth-order valence-corrected chi connectivity index (χ4v) is 6.13. The van der Waals surface area contributed by atoms with Gasteiger partial charge in [-0.3, -0.25) is 14.5 Å². The normalized spacial score (nSPS) is 14.8. The molecule has 37 heavy (non-hydrogen) atoms. The number of anilines is 1. The molecule has 1 aliphatic rings. The number of hydrogen-bond acceptors (Lipinski definition) is 6. The van der Waals surface area contributed by atoms with Gasteiger partial charge < -0.3 is 10.1 Å². The van der Waals surface area contributed by atoms with Crippen molar-refractivity contribution in [3.8, 4) is 11.5 Å². The van der Waals surface area contributed by atoms with E-state index in [9.17, 15) is 13.2 Å². The van der Waals surface area contributed by atoms with Crippen molar-refractivity contribution < 1.29 is 17.9 Å². The third-order valence-electron chi connectivity index (χ3n) is 6.46. The van der Waals surface area contributed by atoms with Crippen LogP contribution in [0.5, 0.6) is 11.5 Å². The summed E-state index contributed by atoms with van der Waals surface area (Å²) in [4.78, 5) is 17.4. The number of pyridine rings is 1. The first-order valence-electron chi connectivity index (χ1n) is 12.3. The second-order valence-corrected chi connectivity index (χ2v) is 12.6. The quantitative estimate of drug-likeness (QED) is 0.390. The number of aromatic nitrogens is 3. The number of rotatable bonds is 5. The summed E-state index contributed by atoms with van der Waals surface area (Å²) >= 11 is 0. The summed E-state index contributed by atoms with van der Waals surface area (Å²) < 4.78 is 33.3. The highest BCUT2D eigenvalue weighted by molar-refractivity contribution is 7.91. The van der Waals surface area contributed by atoms with Gasteiger partial charge in [0, 0.05) is 17.8 Å². The van der Waals surface area contributed by atoms with E-state index >= 15 is 0 Å². The molecule has 0 atom stereocenters. The molecule has 1 N–H and O–H groups in total. The number of fused-ring (bicyclic) bond motifs is 2. The molecule has 0 saturated heterocycles. The summed E-state index contributed by atoms with van der Waals surface area (Å²) in [6.45, 7) is 8.05. The number of amides is 1. The van der Waals surface area contributed by atoms with Crippen LogP contribution in [0, 0.1) is 6.92 Å². The number of carbonyl (C=O) groups excluding carboxylic acids is 1. The van der Waals surface area contributed by atoms with Gasteiger partial charge in [-0.2, -0.15) is 5.10 Å². The van der Waals surface area contributed by atoms with Crippen LogP contribution in [-0.2, 0) is 33.0 Å². The van der Waals surface area contributed by atoms with E-state index in [0.717, 1.165) is 23.1 Å². The summed E-state index contributed by atoms with van der Waals surface area (Å²) in [5.41, 5.74) is 3.73. The summed E-state index contributed by atoms with van der Waals surface area (Å²) in [6, 6.07) is 10.9. The molecule has 3 heterocycles. The largest absolute Gasteiger partial charge is 0.456 e. The van der Waals surface area contributed by atoms with Gasteiger partial charge in [-0.05, 0) is 81.5 Å². The van der Waals surface area contributed by atoms with Crippen molar-refractivity contribution in [2.24, 2.45) is 0 Å². The maximum absolute atomic E-state index is 12.6. The minimum atomic E-state index is -3.30. The highest BCUT2D eigenvalue weighted by atomic mass is 32.2. The van der Waals surface area contributed by atoms with Crippen molar-refractivity contribution in [1.82, 2.24) is 14.8 Å². The number of nitrogens with one attached hydrogen (secondary N) is 1. The Kier molecular flexibility index (Phi) is 6.27. The Balaban J connectivity index is 1.34. The van der Waals surface area contributed by atoms with Crippen molar-refractivity contribution in [3.63, 3.8) is 0 Å². The smallest absolute Gasteiger partial charge is 0.228 e. The van der Waals surface area contributed by atoms with E-state index in [2.05, 4.69) is 15.4 Å². The molecule has 1 aliphatic heterocycles. The Hall–Kier alpha value is -3.72. The molecular weight excluding hydrogens is 488 g/mol. The molecule has 192 valence electrons. The highest BCUT2D eigenvalue weighted by Crippen LogP contribution is 2.35. The molecule has 5 rings (SSSR count). The SMILES string of the molecule is Cc1cc(CC(=O)Nc2cnn(C(C)(C)C)c2)ccc1Oc1ccnc2cc3c(cc12)S(=O)(=O)CCC3. The van der Waals surface area contributed by atoms with Crippen molar-refractivity contribution >= 4 is 32.3 Å². The molecule has 2 aromatic heterocycles. The fourth-order valence-electron chi connectivity index (χ4n) is 4.53. The van der Waals surface area contributed by atoms with E-state index in [1.54, 1.807) is 24.5 Å². The maximum atomic E-state index is 12.6. The Morgan fingerprint density at radius 1 is 1.14 bits per heavy atom. The number of sulfone groups is 1. The van der Waals surface area contributed by atoms with Crippen molar-refractivity contribution in [3.05, 3.63) is 71.7 Å². The molecule has 8 nitrogen and oxygen atoms in total. The molecule has 0 aliphatic carbocycles. The van der Waals surface area contributed by atoms with Crippen LogP contribution in [0.2, 0.25) is 0 Å². The van der Waals surface area contributed by atoms with Gasteiger partial charge in [-0.25, -0.2) is 8.42 Å². The van der Waals surface area contributed by atoms with E-state index in [4.69, 9.17) is 4.74 Å². The Bertz CT molecular complexity index is 1620. The second kappa shape index (κ2) is 9.30. The van der Waals surface area contributed by atoms with Crippen LogP contribution >= 0.6 is 0 Å². The van der Waals surface area contributed by atoms with E-state index in [1.165, 1.54) is 0 Å². The Labute approximate surface area is 216 Å². The first kappa shape index (κ1) is 25.0. The molecular formula is C28H30N4O4S. The third kappa shape index (κ3) is 5.22. The van der Waals surface area contributed by atoms with Gasteiger partial charge in [0.25, 0.3) is 0 Å². The molecule has 9 heteroatoms. The monoisotopic (exact) mass is 518 g/mol. The van der Waals surface area contributed by atoms with Crippen molar-refractivity contribution in [1.29, 1.82) is 0 Å². The average Bonchev–Trinajstić information content (AvgIpc) is 3.29. The number of hydrogen-bond donors (Lipinski definition) is 1. The molecule has 0 bridgehead atoms. The van der Waals surface area contributed by atoms with Gasteiger partial charge in [0.15, 0.2) is 9.84 Å². The molecule has 1 amide bonds. The van der Waals surface area contributed by atoms with Crippen LogP contribution in [0.1, 0.15) is 43.9 Å². The number of nitrogens with zero attached hydrogens (tertiary/aromatic N) is 3. The van der Waals surface area contributed by atoms with Crippen LogP contribution in [0.3, 0.4) is 0 Å². The van der Waals surface area contributed by atoms with E-state index in [1.807, 2.05) is 62.8 Å². The first-order chi connectivity index (χ1) is 17.5. The van der Waals surface area contributed by atoms with E-state index in [-0.39, 0.29) is 23.6 Å². The van der Waals surface area contributed by atoms with Gasteiger partial charge >= 0.3 is 0 Å². The zero-order valence-corrected chi connectivity index (χ0v) is 22.2. The highest BCUT2D eigenvalue weighted by Gasteiger charge is 2.25. The van der Waals surface area contributed by atoms with Gasteiger partial charge in [0.2, 0.25) is 5.91 Å². The third-order valence-corrected chi connectivity index (χ3v) is 8.33. The predicted molar refractivity (Wildman–Crippen MR) is 143 cm³/mol. The summed E-state index contributed by atoms with van der Waals surface area (Å²) in [6.07, 6.45) is 6.70. The number of aryl methyl sites for hydroxylation is 2. The van der Waals surface area contributed by atoms with Crippen molar-refractivity contribution in [2.45, 2.75) is 57.4 Å². The summed E-state index contributed by atoms with van der Waals surface area (Å²) in [5, 5.41) is 7.87. The minimum Gasteiger partial charge on any atom is -0.456 e. The topological polar surface area (TPSA) is 103 Å². The van der Waals surface area contributed by atoms with Crippen LogP contribution in [-0.4, -0.2) is 34.8 Å². The molecule has 0 fully saturated rings. The molecule has 0 unspecified atom stereocenters. The zero-order chi connectivity index (χ0) is 26.4. The van der Waals surface area contributed by atoms with E-state index in [0.29, 0.717) is 39.4 Å². The molecule has 0 spiro atoms. The van der Waals surface area contributed by atoms with Gasteiger partial charge in [0.1, 0.15) is 11.5 Å². The van der Waals surface area contributed by atoms with Crippen LogP contribution in [0.15, 0.2) is 59.9 Å². The molecule has 2 aromatic carbocycles. The zero-order valence-electron chi connectivity index (χ0n) is 21.4. The molecule has 0 radical (unpaired) electrons. The van der Waals surface area contributed by atoms with E-state index < -0.39 is 9.84 Å². The van der Waals surface area contributed by atoms with Crippen molar-refractivity contribution in [2.75, 3.05) is 11.1 Å². The lowest BCUT2D eigenvalue weighted by Gasteiger charge is -2.18. The Morgan fingerprint density at radius 3 is 2.68 bits per heavy atom. The molecule has 4 aromatic rings. The van der Waals surface area contributed by atoms with Crippen LogP contribution in [0.4, 0.5) is 5.69 Å². The lowest BCUT2D eigenvalue weighted by molar-refractivity contribution is -0.115. The lowest BCUT2D eigenvalue weighted by Crippen LogP contribution is -2.22. The van der Waals surface area contributed by atoms with Crippen LogP contribution < -0.4 is 10.1 Å². The Morgan fingerprint density at radius 2 is 1.95 bits per heavy atom. The minimum absolute atomic E-state index is 0.132. The summed E-state index contributed by atoms with van der Waals surface area (Å²) in [5.74, 6) is 1.20. The average molecular weight is 519 g/mol. The standard InChI is InChI=1S/C28H30N4O4S/c1-18-12-19(13-27(33)31-21-16-30-32(17-21)28(2,3)4)7-8-24(18)36-25-9-10-29-23-14-20-6-5-11-37(34,35)26(20)15-22(23)25/h7-10,12,14-17H,5-6,11,13H2,1-4H3,(H,31,33). The summed E-state index contributed by atoms with van der Waals surface area (Å²) in [7, 11) is -3.30. The second-order valence-electron chi connectivity index (χ2n) is 10.5. The fraction of sp³-hybridized carbons (Fsp3) is 0.321. The lowest BCUT2D eigenvalue weighted by atomic mass is 10.1. The number of carbonyl (C=O) groups is 1. The first-order valence-corrected chi connectivity index (χ1v) is 13.9. The molecule has 0 saturated carbocycles. The number of ether oxygens (including phenoxy) is 1. The maximum Gasteiger partial charge on any atom is 0.228 e. The van der Waals surface area contributed by atoms with Gasteiger partial charge in [-0.15, -0.1) is 0 Å².